The van der Waals surface area contributed by atoms with Gasteiger partial charge in [-0.1, -0.05) is 11.6 Å². The van der Waals surface area contributed by atoms with Crippen molar-refractivity contribution >= 4 is 34.7 Å². The van der Waals surface area contributed by atoms with Crippen LogP contribution in [-0.2, 0) is 6.61 Å². The van der Waals surface area contributed by atoms with Crippen molar-refractivity contribution in [3.8, 4) is 5.75 Å². The van der Waals surface area contributed by atoms with Crippen molar-refractivity contribution in [2.24, 2.45) is 0 Å². The Balaban J connectivity index is 0.00000144. The van der Waals surface area contributed by atoms with Gasteiger partial charge in [-0.25, -0.2) is 4.39 Å². The van der Waals surface area contributed by atoms with Gasteiger partial charge in [-0.3, -0.25) is 0 Å². The van der Waals surface area contributed by atoms with Crippen LogP contribution in [0.1, 0.15) is 5.56 Å². The minimum absolute atomic E-state index is 0. The zero-order chi connectivity index (χ0) is 11.4. The second-order valence-corrected chi connectivity index (χ2v) is 3.69. The Kier molecular flexibility index (Phi) is 8.60. The summed E-state index contributed by atoms with van der Waals surface area (Å²) < 4.78 is 18.6. The monoisotopic (exact) mass is 338 g/mol. The number of hydrogen-bond donors (Lipinski definition) is 0. The van der Waals surface area contributed by atoms with Gasteiger partial charge < -0.3 is 21.7 Å². The quantitative estimate of drug-likeness (QED) is 0.584. The first kappa shape index (κ1) is 17.7. The molecule has 0 saturated heterocycles. The summed E-state index contributed by atoms with van der Waals surface area (Å²) in [6.45, 7) is 0.291. The molecule has 1 nitrogen and oxygen atoms in total. The summed E-state index contributed by atoms with van der Waals surface area (Å²) in [4.78, 5) is 0. The van der Waals surface area contributed by atoms with Crippen molar-refractivity contribution in [1.29, 1.82) is 0 Å². The Labute approximate surface area is 137 Å². The van der Waals surface area contributed by atoms with Crippen LogP contribution in [0.4, 0.5) is 4.39 Å². The summed E-state index contributed by atoms with van der Waals surface area (Å²) in [6.07, 6.45) is 0. The average molecular weight is 340 g/mol. The topological polar surface area (TPSA) is 9.23 Å². The fourth-order valence-corrected chi connectivity index (χ4v) is 1.43. The average Bonchev–Trinajstić information content (AvgIpc) is 2.29. The smallest absolute Gasteiger partial charge is 1.00 e. The number of halogens is 3. The van der Waals surface area contributed by atoms with Crippen molar-refractivity contribution < 1.29 is 26.1 Å². The number of hydrogen-bond acceptors (Lipinski definition) is 1. The van der Waals surface area contributed by atoms with E-state index in [1.165, 1.54) is 12.1 Å². The van der Waals surface area contributed by atoms with Crippen LogP contribution in [-0.4, -0.2) is 23.1 Å². The van der Waals surface area contributed by atoms with E-state index in [0.717, 1.165) is 5.56 Å². The number of rotatable bonds is 3. The predicted molar refractivity (Wildman–Crippen MR) is 66.8 cm³/mol. The fourth-order valence-electron chi connectivity index (χ4n) is 1.27. The Bertz CT molecular complexity index is 482. The summed E-state index contributed by atoms with van der Waals surface area (Å²) in [5.41, 5.74) is 0.872. The molecular weight excluding hydrogens is 331 g/mol. The van der Waals surface area contributed by atoms with E-state index < -0.39 is 5.82 Å². The van der Waals surface area contributed by atoms with Gasteiger partial charge in [-0.2, -0.15) is 30.3 Å². The Morgan fingerprint density at radius 2 is 2.00 bits per heavy atom. The van der Waals surface area contributed by atoms with Crippen molar-refractivity contribution in [2.45, 2.75) is 6.61 Å². The van der Waals surface area contributed by atoms with Gasteiger partial charge in [0.2, 0.25) is 0 Å². The molecular formula is C13H9BrClFMgO. The molecule has 0 N–H and O–H groups in total. The van der Waals surface area contributed by atoms with Crippen LogP contribution in [0.25, 0.3) is 0 Å². The van der Waals surface area contributed by atoms with E-state index in [0.29, 0.717) is 11.6 Å². The molecule has 0 aliphatic heterocycles. The first-order valence-corrected chi connectivity index (χ1v) is 5.17. The van der Waals surface area contributed by atoms with Gasteiger partial charge in [-0.15, -0.1) is 5.56 Å². The van der Waals surface area contributed by atoms with Crippen molar-refractivity contribution in [3.63, 3.8) is 0 Å². The molecule has 0 aliphatic carbocycles. The van der Waals surface area contributed by atoms with Gasteiger partial charge >= 0.3 is 23.1 Å². The molecule has 0 fully saturated rings. The van der Waals surface area contributed by atoms with Crippen molar-refractivity contribution in [2.75, 3.05) is 0 Å². The van der Waals surface area contributed by atoms with E-state index in [-0.39, 0.29) is 45.8 Å². The normalized spacial score (nSPS) is 9.00. The second-order valence-electron chi connectivity index (χ2n) is 3.25. The van der Waals surface area contributed by atoms with Gasteiger partial charge in [0.1, 0.15) is 0 Å². The van der Waals surface area contributed by atoms with Crippen LogP contribution in [0.15, 0.2) is 42.5 Å². The molecule has 0 saturated carbocycles. The number of benzene rings is 2. The van der Waals surface area contributed by atoms with Crippen LogP contribution in [0.2, 0.25) is 5.02 Å². The van der Waals surface area contributed by atoms with E-state index >= 15 is 0 Å². The van der Waals surface area contributed by atoms with Crippen molar-refractivity contribution in [1.82, 2.24) is 0 Å². The molecule has 2 rings (SSSR count). The molecule has 2 aromatic carbocycles. The first-order valence-electron chi connectivity index (χ1n) is 4.79. The van der Waals surface area contributed by atoms with E-state index in [9.17, 15) is 4.39 Å². The largest absolute Gasteiger partial charge is 2.00 e. The van der Waals surface area contributed by atoms with Gasteiger partial charge in [0.25, 0.3) is 0 Å². The first-order chi connectivity index (χ1) is 7.75. The standard InChI is InChI=1S/C13H9ClFO.BrH.Mg/c14-11-6-7-13(12(15)8-11)16-9-10-4-2-1-3-5-10;;/h1-4,6-8H,9H2;1H;/q-1;;+2/p-1. The zero-order valence-electron chi connectivity index (χ0n) is 9.50. The van der Waals surface area contributed by atoms with Crippen LogP contribution >= 0.6 is 11.6 Å². The Hall–Kier alpha value is -0.294. The molecule has 0 radical (unpaired) electrons. The molecule has 0 aliphatic rings. The third-order valence-corrected chi connectivity index (χ3v) is 2.29. The van der Waals surface area contributed by atoms with E-state index in [1.807, 2.05) is 18.2 Å². The molecule has 0 spiro atoms. The maximum absolute atomic E-state index is 13.3. The second kappa shape index (κ2) is 8.75. The number of ether oxygens (including phenoxy) is 1. The third kappa shape index (κ3) is 5.14. The summed E-state index contributed by atoms with van der Waals surface area (Å²) in [5.74, 6) is -0.259. The summed E-state index contributed by atoms with van der Waals surface area (Å²) in [6, 6.07) is 14.7. The van der Waals surface area contributed by atoms with Gasteiger partial charge in [0, 0.05) is 5.02 Å². The SMILES string of the molecule is Fc1cc(Cl)ccc1OCc1[c-]cccc1.[Br-].[Mg+2]. The predicted octanol–water partition coefficient (Wildman–Crippen LogP) is 0.481. The van der Waals surface area contributed by atoms with Gasteiger partial charge in [0.15, 0.2) is 11.6 Å². The fraction of sp³-hybridized carbons (Fsp3) is 0.0769. The van der Waals surface area contributed by atoms with Crippen LogP contribution in [0.3, 0.4) is 0 Å². The molecule has 90 valence electrons. The van der Waals surface area contributed by atoms with E-state index in [2.05, 4.69) is 6.07 Å². The molecule has 0 aromatic heterocycles. The summed E-state index contributed by atoms with van der Waals surface area (Å²) in [7, 11) is 0. The minimum atomic E-state index is -0.455. The van der Waals surface area contributed by atoms with Crippen molar-refractivity contribution in [3.05, 3.63) is 64.9 Å². The van der Waals surface area contributed by atoms with Crippen LogP contribution < -0.4 is 21.7 Å². The molecule has 5 heteroatoms. The molecule has 0 amide bonds. The Morgan fingerprint density at radius 3 is 2.61 bits per heavy atom. The van der Waals surface area contributed by atoms with Gasteiger partial charge in [0.05, 0.1) is 6.61 Å². The van der Waals surface area contributed by atoms with E-state index in [1.54, 1.807) is 12.1 Å². The maximum Gasteiger partial charge on any atom is 2.00 e. The maximum atomic E-state index is 13.3. The summed E-state index contributed by atoms with van der Waals surface area (Å²) >= 11 is 5.63. The van der Waals surface area contributed by atoms with Crippen LogP contribution in [0, 0.1) is 11.9 Å². The Morgan fingerprint density at radius 1 is 1.22 bits per heavy atom. The van der Waals surface area contributed by atoms with Gasteiger partial charge in [-0.05, 0) is 18.2 Å². The molecule has 0 unspecified atom stereocenters. The molecule has 0 heterocycles. The summed E-state index contributed by atoms with van der Waals surface area (Å²) in [5, 5.41) is 0.358. The minimum Gasteiger partial charge on any atom is -1.00 e. The molecule has 0 atom stereocenters. The third-order valence-electron chi connectivity index (χ3n) is 2.05. The van der Waals surface area contributed by atoms with Crippen LogP contribution in [0.5, 0.6) is 5.75 Å². The molecule has 0 bridgehead atoms. The molecule has 2 aromatic rings. The molecule has 18 heavy (non-hydrogen) atoms. The van der Waals surface area contributed by atoms with E-state index in [4.69, 9.17) is 16.3 Å². The zero-order valence-corrected chi connectivity index (χ0v) is 13.3.